The molecule has 0 amide bonds. The van der Waals surface area contributed by atoms with Crippen LogP contribution in [-0.2, 0) is 0 Å². The predicted octanol–water partition coefficient (Wildman–Crippen LogP) is 3.83. The summed E-state index contributed by atoms with van der Waals surface area (Å²) in [7, 11) is 0. The van der Waals surface area contributed by atoms with E-state index in [2.05, 4.69) is 10.2 Å². The maximum atomic E-state index is 10.7. The van der Waals surface area contributed by atoms with Crippen LogP contribution in [0.5, 0.6) is 0 Å². The molecule has 0 saturated carbocycles. The van der Waals surface area contributed by atoms with Crippen molar-refractivity contribution >= 4 is 22.7 Å². The van der Waals surface area contributed by atoms with Crippen molar-refractivity contribution in [1.82, 2.24) is 0 Å². The van der Waals surface area contributed by atoms with E-state index in [0.29, 0.717) is 5.92 Å². The van der Waals surface area contributed by atoms with Gasteiger partial charge in [0.15, 0.2) is 0 Å². The van der Waals surface area contributed by atoms with Crippen molar-refractivity contribution in [2.75, 3.05) is 29.9 Å². The molecule has 8 nitrogen and oxygen atoms in total. The van der Waals surface area contributed by atoms with E-state index in [0.717, 1.165) is 43.9 Å². The Morgan fingerprint density at radius 3 is 1.88 bits per heavy atom. The molecule has 0 aliphatic carbocycles. The molecule has 1 fully saturated rings. The first-order valence-electron chi connectivity index (χ1n) is 8.50. The maximum Gasteiger partial charge on any atom is 0.269 e. The molecule has 0 aromatic heterocycles. The van der Waals surface area contributed by atoms with Gasteiger partial charge in [0.1, 0.15) is 0 Å². The van der Waals surface area contributed by atoms with Crippen molar-refractivity contribution in [2.45, 2.75) is 12.8 Å². The van der Waals surface area contributed by atoms with Crippen LogP contribution in [0.2, 0.25) is 0 Å². The van der Waals surface area contributed by atoms with Crippen LogP contribution in [0.15, 0.2) is 48.5 Å². The number of nitro benzene ring substituents is 2. The van der Waals surface area contributed by atoms with Gasteiger partial charge in [-0.1, -0.05) is 0 Å². The summed E-state index contributed by atoms with van der Waals surface area (Å²) in [6.45, 7) is 2.64. The maximum absolute atomic E-state index is 10.7. The summed E-state index contributed by atoms with van der Waals surface area (Å²) < 4.78 is 0. The third kappa shape index (κ3) is 4.27. The summed E-state index contributed by atoms with van der Waals surface area (Å²) in [6.07, 6.45) is 2.05. The van der Waals surface area contributed by atoms with Crippen LogP contribution in [-0.4, -0.2) is 29.5 Å². The number of nitrogens with one attached hydrogen (secondary N) is 1. The van der Waals surface area contributed by atoms with Gasteiger partial charge in [-0.15, -0.1) is 0 Å². The van der Waals surface area contributed by atoms with Crippen LogP contribution in [0, 0.1) is 26.1 Å². The summed E-state index contributed by atoms with van der Waals surface area (Å²) in [5.74, 6) is 0.527. The molecule has 0 unspecified atom stereocenters. The minimum Gasteiger partial charge on any atom is -0.385 e. The van der Waals surface area contributed by atoms with Gasteiger partial charge in [-0.2, -0.15) is 0 Å². The predicted molar refractivity (Wildman–Crippen MR) is 99.6 cm³/mol. The number of hydrogen-bond donors (Lipinski definition) is 1. The average Bonchev–Trinajstić information content (AvgIpc) is 2.67. The minimum atomic E-state index is -0.405. The van der Waals surface area contributed by atoms with Gasteiger partial charge < -0.3 is 10.2 Å². The van der Waals surface area contributed by atoms with Gasteiger partial charge in [0.2, 0.25) is 0 Å². The molecule has 0 atom stereocenters. The lowest BCUT2D eigenvalue weighted by Gasteiger charge is -2.33. The average molecular weight is 356 g/mol. The monoisotopic (exact) mass is 356 g/mol. The summed E-state index contributed by atoms with van der Waals surface area (Å²) in [6, 6.07) is 13.1. The fourth-order valence-corrected chi connectivity index (χ4v) is 3.14. The molecule has 8 heteroatoms. The van der Waals surface area contributed by atoms with E-state index in [1.807, 2.05) is 0 Å². The third-order valence-electron chi connectivity index (χ3n) is 4.71. The second-order valence-corrected chi connectivity index (χ2v) is 6.39. The van der Waals surface area contributed by atoms with Crippen LogP contribution >= 0.6 is 0 Å². The fraction of sp³-hybridized carbons (Fsp3) is 0.333. The number of anilines is 2. The first-order valence-corrected chi connectivity index (χ1v) is 8.50. The topological polar surface area (TPSA) is 102 Å². The van der Waals surface area contributed by atoms with Gasteiger partial charge in [0.05, 0.1) is 9.85 Å². The van der Waals surface area contributed by atoms with Crippen molar-refractivity contribution in [2.24, 2.45) is 5.92 Å². The summed E-state index contributed by atoms with van der Waals surface area (Å²) >= 11 is 0. The molecule has 1 aliphatic rings. The normalized spacial score (nSPS) is 14.8. The van der Waals surface area contributed by atoms with E-state index in [1.165, 1.54) is 24.3 Å². The molecule has 0 radical (unpaired) electrons. The highest BCUT2D eigenvalue weighted by molar-refractivity contribution is 5.51. The molecule has 26 heavy (non-hydrogen) atoms. The van der Waals surface area contributed by atoms with Gasteiger partial charge in [-0.3, -0.25) is 20.2 Å². The van der Waals surface area contributed by atoms with Gasteiger partial charge in [-0.25, -0.2) is 0 Å². The number of benzene rings is 2. The van der Waals surface area contributed by atoms with Gasteiger partial charge in [-0.05, 0) is 43.0 Å². The zero-order valence-electron chi connectivity index (χ0n) is 14.2. The molecule has 2 aromatic carbocycles. The highest BCUT2D eigenvalue weighted by atomic mass is 16.6. The Hall–Kier alpha value is -3.16. The van der Waals surface area contributed by atoms with Crippen molar-refractivity contribution in [1.29, 1.82) is 0 Å². The molecular formula is C18H20N4O4. The largest absolute Gasteiger partial charge is 0.385 e. The zero-order chi connectivity index (χ0) is 18.5. The number of non-ortho nitro benzene ring substituents is 2. The Morgan fingerprint density at radius 2 is 1.38 bits per heavy atom. The molecule has 3 rings (SSSR count). The number of hydrogen-bond acceptors (Lipinski definition) is 6. The quantitative estimate of drug-likeness (QED) is 0.623. The van der Waals surface area contributed by atoms with Crippen molar-refractivity contribution in [3.63, 3.8) is 0 Å². The first-order chi connectivity index (χ1) is 12.5. The highest BCUT2D eigenvalue weighted by Gasteiger charge is 2.20. The molecule has 1 N–H and O–H groups in total. The number of rotatable bonds is 6. The lowest BCUT2D eigenvalue weighted by atomic mass is 9.96. The number of nitro groups is 2. The third-order valence-corrected chi connectivity index (χ3v) is 4.71. The smallest absolute Gasteiger partial charge is 0.269 e. The van der Waals surface area contributed by atoms with Crippen LogP contribution in [0.25, 0.3) is 0 Å². The Labute approximate surface area is 150 Å². The van der Waals surface area contributed by atoms with E-state index in [-0.39, 0.29) is 16.3 Å². The minimum absolute atomic E-state index is 0.0898. The Bertz CT molecular complexity index is 769. The summed E-state index contributed by atoms with van der Waals surface area (Å²) in [5, 5.41) is 24.7. The van der Waals surface area contributed by atoms with Crippen LogP contribution in [0.1, 0.15) is 12.8 Å². The second kappa shape index (κ2) is 7.81. The lowest BCUT2D eigenvalue weighted by molar-refractivity contribution is -0.385. The molecule has 0 spiro atoms. The SMILES string of the molecule is O=[N+]([O-])c1ccc(NCC2CCN(c3ccc([N+](=O)[O-])cc3)CC2)cc1. The van der Waals surface area contributed by atoms with Crippen LogP contribution < -0.4 is 10.2 Å². The second-order valence-electron chi connectivity index (χ2n) is 6.39. The van der Waals surface area contributed by atoms with Crippen molar-refractivity contribution in [3.05, 3.63) is 68.8 Å². The van der Waals surface area contributed by atoms with Crippen molar-refractivity contribution < 1.29 is 9.85 Å². The number of piperidine rings is 1. The molecule has 1 aliphatic heterocycles. The molecule has 1 heterocycles. The van der Waals surface area contributed by atoms with E-state index in [9.17, 15) is 20.2 Å². The highest BCUT2D eigenvalue weighted by Crippen LogP contribution is 2.25. The molecular weight excluding hydrogens is 336 g/mol. The molecule has 1 saturated heterocycles. The Morgan fingerprint density at radius 1 is 0.885 bits per heavy atom. The zero-order valence-corrected chi connectivity index (χ0v) is 14.2. The van der Waals surface area contributed by atoms with Crippen molar-refractivity contribution in [3.8, 4) is 0 Å². The summed E-state index contributed by atoms with van der Waals surface area (Å²) in [4.78, 5) is 22.8. The van der Waals surface area contributed by atoms with E-state index in [4.69, 9.17) is 0 Å². The van der Waals surface area contributed by atoms with Crippen LogP contribution in [0.3, 0.4) is 0 Å². The Kier molecular flexibility index (Phi) is 5.31. The van der Waals surface area contributed by atoms with Gasteiger partial charge in [0, 0.05) is 55.3 Å². The van der Waals surface area contributed by atoms with Crippen LogP contribution in [0.4, 0.5) is 22.7 Å². The van der Waals surface area contributed by atoms with Gasteiger partial charge in [0.25, 0.3) is 11.4 Å². The number of nitrogens with zero attached hydrogens (tertiary/aromatic N) is 3. The fourth-order valence-electron chi connectivity index (χ4n) is 3.14. The first kappa shape index (κ1) is 17.7. The van der Waals surface area contributed by atoms with E-state index < -0.39 is 4.92 Å². The molecule has 136 valence electrons. The van der Waals surface area contributed by atoms with E-state index >= 15 is 0 Å². The standard InChI is InChI=1S/C18H20N4O4/c23-21(24)17-3-1-15(2-4-17)19-13-14-9-11-20(12-10-14)16-5-7-18(8-6-16)22(25)26/h1-8,14,19H,9-13H2. The molecule has 0 bridgehead atoms. The lowest BCUT2D eigenvalue weighted by Crippen LogP contribution is -2.35. The molecule has 2 aromatic rings. The van der Waals surface area contributed by atoms with E-state index in [1.54, 1.807) is 24.3 Å². The summed E-state index contributed by atoms with van der Waals surface area (Å²) in [5.41, 5.74) is 2.09. The van der Waals surface area contributed by atoms with Gasteiger partial charge >= 0.3 is 0 Å². The Balaban J connectivity index is 1.47.